The van der Waals surface area contributed by atoms with Gasteiger partial charge >= 0.3 is 0 Å². The summed E-state index contributed by atoms with van der Waals surface area (Å²) in [6, 6.07) is 0. The van der Waals surface area contributed by atoms with Gasteiger partial charge in [-0.05, 0) is 6.42 Å². The van der Waals surface area contributed by atoms with E-state index in [1.165, 1.54) is 5.57 Å². The van der Waals surface area contributed by atoms with Gasteiger partial charge in [-0.1, -0.05) is 6.08 Å². The van der Waals surface area contributed by atoms with Crippen LogP contribution in [-0.4, -0.2) is 0 Å². The summed E-state index contributed by atoms with van der Waals surface area (Å²) < 4.78 is 0. The van der Waals surface area contributed by atoms with Gasteiger partial charge in [-0.15, -0.1) is 13.0 Å². The third kappa shape index (κ3) is 3.19. The monoisotopic (exact) mass is 244 g/mol. The molecule has 0 fully saturated rings. The molecule has 0 unspecified atom stereocenters. The van der Waals surface area contributed by atoms with E-state index in [4.69, 9.17) is 0 Å². The van der Waals surface area contributed by atoms with Gasteiger partial charge in [-0.3, -0.25) is 6.08 Å². The van der Waals surface area contributed by atoms with E-state index in [1.54, 1.807) is 0 Å². The van der Waals surface area contributed by atoms with Crippen molar-refractivity contribution in [2.24, 2.45) is 0 Å². The van der Waals surface area contributed by atoms with Gasteiger partial charge in [0.25, 0.3) is 0 Å². The Balaban J connectivity index is 0.000000640. The second-order valence-corrected chi connectivity index (χ2v) is 1.80. The standard InChI is InChI=1S/C8H9.La/c1-2-5-8-6-3-4-7-8;/h2-3,6H,1,4-5H2;/q-1;. The SMILES string of the molecule is C=CCC1=[C-]CC=C1.[La]. The summed E-state index contributed by atoms with van der Waals surface area (Å²) in [4.78, 5) is 0. The van der Waals surface area contributed by atoms with Crippen LogP contribution in [0.25, 0.3) is 0 Å². The Morgan fingerprint density at radius 2 is 2.56 bits per heavy atom. The summed E-state index contributed by atoms with van der Waals surface area (Å²) in [6.07, 6.45) is 11.3. The van der Waals surface area contributed by atoms with E-state index >= 15 is 0 Å². The first-order valence-electron chi connectivity index (χ1n) is 2.80. The summed E-state index contributed by atoms with van der Waals surface area (Å²) in [7, 11) is 0. The zero-order chi connectivity index (χ0) is 5.82. The van der Waals surface area contributed by atoms with Crippen molar-refractivity contribution in [3.05, 3.63) is 36.5 Å². The molecule has 0 atom stereocenters. The van der Waals surface area contributed by atoms with Crippen molar-refractivity contribution in [3.8, 4) is 0 Å². The second kappa shape index (κ2) is 5.22. The Morgan fingerprint density at radius 3 is 3.00 bits per heavy atom. The van der Waals surface area contributed by atoms with E-state index in [-0.39, 0.29) is 35.6 Å². The van der Waals surface area contributed by atoms with Gasteiger partial charge in [0.1, 0.15) is 0 Å². The van der Waals surface area contributed by atoms with Crippen LogP contribution in [0.3, 0.4) is 0 Å². The Hall–Kier alpha value is 0.415. The topological polar surface area (TPSA) is 0 Å². The van der Waals surface area contributed by atoms with Crippen LogP contribution in [0.4, 0.5) is 0 Å². The molecule has 0 saturated carbocycles. The molecule has 1 radical (unpaired) electrons. The molecule has 9 heavy (non-hydrogen) atoms. The van der Waals surface area contributed by atoms with Crippen molar-refractivity contribution >= 4 is 0 Å². The zero-order valence-electron chi connectivity index (χ0n) is 5.43. The maximum atomic E-state index is 3.63. The number of hydrogen-bond donors (Lipinski definition) is 0. The van der Waals surface area contributed by atoms with E-state index in [0.717, 1.165) is 12.8 Å². The van der Waals surface area contributed by atoms with Crippen LogP contribution >= 0.6 is 0 Å². The molecule has 1 rings (SSSR count). The van der Waals surface area contributed by atoms with Crippen molar-refractivity contribution in [2.75, 3.05) is 0 Å². The average Bonchev–Trinajstić information content (AvgIpc) is 2.19. The van der Waals surface area contributed by atoms with Gasteiger partial charge in [-0.25, -0.2) is 11.6 Å². The maximum Gasteiger partial charge on any atom is 0 e. The van der Waals surface area contributed by atoms with E-state index in [0.29, 0.717) is 0 Å². The van der Waals surface area contributed by atoms with Crippen molar-refractivity contribution in [1.29, 1.82) is 0 Å². The summed E-state index contributed by atoms with van der Waals surface area (Å²) in [5.74, 6) is 0. The predicted octanol–water partition coefficient (Wildman–Crippen LogP) is 2.25. The zero-order valence-corrected chi connectivity index (χ0v) is 9.06. The largest absolute Gasteiger partial charge is 0.269 e. The normalized spacial score (nSPS) is 14.4. The molecule has 0 aromatic rings. The first kappa shape index (κ1) is 9.41. The summed E-state index contributed by atoms with van der Waals surface area (Å²) >= 11 is 0. The molecule has 0 aromatic heterocycles. The molecular formula is C8H9La-. The van der Waals surface area contributed by atoms with E-state index < -0.39 is 0 Å². The van der Waals surface area contributed by atoms with E-state index in [1.807, 2.05) is 6.08 Å². The van der Waals surface area contributed by atoms with Crippen molar-refractivity contribution in [1.82, 2.24) is 0 Å². The van der Waals surface area contributed by atoms with Gasteiger partial charge < -0.3 is 0 Å². The Labute approximate surface area is 84.3 Å². The van der Waals surface area contributed by atoms with Crippen LogP contribution in [0.1, 0.15) is 12.8 Å². The first-order valence-corrected chi connectivity index (χ1v) is 2.80. The number of rotatable bonds is 2. The molecule has 0 bridgehead atoms. The van der Waals surface area contributed by atoms with Crippen molar-refractivity contribution in [3.63, 3.8) is 0 Å². The number of allylic oxidation sites excluding steroid dienone is 5. The van der Waals surface area contributed by atoms with Gasteiger partial charge in [0, 0.05) is 35.6 Å². The predicted molar refractivity (Wildman–Crippen MR) is 35.3 cm³/mol. The fourth-order valence-corrected chi connectivity index (χ4v) is 0.746. The molecule has 0 amide bonds. The molecule has 45 valence electrons. The molecular weight excluding hydrogens is 235 g/mol. The molecule has 0 spiro atoms. The number of hydrogen-bond acceptors (Lipinski definition) is 0. The minimum absolute atomic E-state index is 0. The molecule has 0 N–H and O–H groups in total. The summed E-state index contributed by atoms with van der Waals surface area (Å²) in [5.41, 5.74) is 1.28. The minimum Gasteiger partial charge on any atom is -0.269 e. The van der Waals surface area contributed by atoms with Crippen LogP contribution in [0.5, 0.6) is 0 Å². The molecule has 1 aliphatic rings. The maximum absolute atomic E-state index is 3.63. The van der Waals surface area contributed by atoms with Crippen molar-refractivity contribution < 1.29 is 35.6 Å². The third-order valence-corrected chi connectivity index (χ3v) is 1.13. The van der Waals surface area contributed by atoms with Gasteiger partial charge in [0.05, 0.1) is 0 Å². The van der Waals surface area contributed by atoms with E-state index in [2.05, 4.69) is 24.8 Å². The molecule has 0 aliphatic heterocycles. The second-order valence-electron chi connectivity index (χ2n) is 1.80. The van der Waals surface area contributed by atoms with E-state index in [9.17, 15) is 0 Å². The van der Waals surface area contributed by atoms with Crippen LogP contribution < -0.4 is 0 Å². The Morgan fingerprint density at radius 1 is 1.78 bits per heavy atom. The summed E-state index contributed by atoms with van der Waals surface area (Å²) in [5, 5.41) is 0. The van der Waals surface area contributed by atoms with Crippen LogP contribution in [0.15, 0.2) is 30.4 Å². The summed E-state index contributed by atoms with van der Waals surface area (Å²) in [6.45, 7) is 3.63. The molecule has 0 heterocycles. The Bertz CT molecular complexity index is 143. The van der Waals surface area contributed by atoms with Crippen LogP contribution in [0.2, 0.25) is 0 Å². The van der Waals surface area contributed by atoms with Crippen molar-refractivity contribution in [2.45, 2.75) is 12.8 Å². The third-order valence-electron chi connectivity index (χ3n) is 1.13. The van der Waals surface area contributed by atoms with Crippen LogP contribution in [0, 0.1) is 41.7 Å². The average molecular weight is 244 g/mol. The van der Waals surface area contributed by atoms with Gasteiger partial charge in [-0.2, -0.15) is 6.08 Å². The molecule has 0 nitrogen and oxygen atoms in total. The quantitative estimate of drug-likeness (QED) is 0.516. The van der Waals surface area contributed by atoms with Gasteiger partial charge in [0.2, 0.25) is 0 Å². The smallest absolute Gasteiger partial charge is 0 e. The fraction of sp³-hybridized carbons (Fsp3) is 0.250. The molecule has 0 saturated heterocycles. The Kier molecular flexibility index (Phi) is 5.46. The van der Waals surface area contributed by atoms with Gasteiger partial charge in [0.15, 0.2) is 0 Å². The fourth-order valence-electron chi connectivity index (χ4n) is 0.746. The minimum atomic E-state index is 0. The molecule has 0 aromatic carbocycles. The molecule has 1 aliphatic carbocycles. The molecule has 1 heteroatoms. The van der Waals surface area contributed by atoms with Crippen LogP contribution in [-0.2, 0) is 0 Å². The first-order chi connectivity index (χ1) is 3.93.